The molecule has 2 rings (SSSR count). The van der Waals surface area contributed by atoms with Crippen molar-refractivity contribution in [2.75, 3.05) is 37.8 Å². The van der Waals surface area contributed by atoms with Crippen LogP contribution >= 0.6 is 0 Å². The third-order valence-electron chi connectivity index (χ3n) is 2.97. The van der Waals surface area contributed by atoms with Crippen LogP contribution in [0, 0.1) is 0 Å². The summed E-state index contributed by atoms with van der Waals surface area (Å²) in [5, 5.41) is 6.53. The van der Waals surface area contributed by atoms with E-state index in [2.05, 4.69) is 25.5 Å². The van der Waals surface area contributed by atoms with Crippen LogP contribution in [0.1, 0.15) is 5.56 Å². The van der Waals surface area contributed by atoms with E-state index in [0.717, 1.165) is 36.0 Å². The fourth-order valence-corrected chi connectivity index (χ4v) is 1.85. The Balaban J connectivity index is 1.99. The van der Waals surface area contributed by atoms with Crippen molar-refractivity contribution >= 4 is 17.3 Å². The molecule has 0 aliphatic carbocycles. The Morgan fingerprint density at radius 3 is 2.71 bits per heavy atom. The van der Waals surface area contributed by atoms with Crippen molar-refractivity contribution in [3.63, 3.8) is 0 Å². The number of likely N-dealkylation sites (N-methyl/N-ethyl adjacent to an activating group) is 1. The number of nitrogens with zero attached hydrogens (tertiary/aromatic N) is 3. The zero-order chi connectivity index (χ0) is 15.1. The summed E-state index contributed by atoms with van der Waals surface area (Å²) >= 11 is 0. The number of anilines is 3. The molecule has 0 bridgehead atoms. The van der Waals surface area contributed by atoms with Gasteiger partial charge in [0.05, 0.1) is 0 Å². The minimum Gasteiger partial charge on any atom is -0.369 e. The highest BCUT2D eigenvalue weighted by molar-refractivity contribution is 5.59. The number of hydrogen-bond acceptors (Lipinski definition) is 6. The molecule has 0 fully saturated rings. The molecule has 6 nitrogen and oxygen atoms in total. The highest BCUT2D eigenvalue weighted by Crippen LogP contribution is 2.17. The maximum Gasteiger partial charge on any atom is 0.135 e. The standard InChI is InChI=1S/C15H22N6/c1-21(2)7-6-17-14-9-15(19-11-18-14)20-13-5-3-4-12(8-13)10-16/h3-5,8-9,11H,6-7,10,16H2,1-2H3,(H2,17,18,19,20). The van der Waals surface area contributed by atoms with E-state index >= 15 is 0 Å². The van der Waals surface area contributed by atoms with Gasteiger partial charge in [0.15, 0.2) is 0 Å². The SMILES string of the molecule is CN(C)CCNc1cc(Nc2cccc(CN)c2)ncn1. The molecule has 2 aromatic rings. The van der Waals surface area contributed by atoms with Gasteiger partial charge < -0.3 is 21.3 Å². The van der Waals surface area contributed by atoms with Gasteiger partial charge in [-0.3, -0.25) is 0 Å². The quantitative estimate of drug-likeness (QED) is 0.718. The minimum atomic E-state index is 0.524. The molecule has 112 valence electrons. The summed E-state index contributed by atoms with van der Waals surface area (Å²) in [6, 6.07) is 9.87. The molecule has 21 heavy (non-hydrogen) atoms. The van der Waals surface area contributed by atoms with Crippen LogP contribution in [-0.4, -0.2) is 42.1 Å². The molecule has 0 saturated heterocycles. The van der Waals surface area contributed by atoms with Gasteiger partial charge in [-0.2, -0.15) is 0 Å². The lowest BCUT2D eigenvalue weighted by atomic mass is 10.2. The van der Waals surface area contributed by atoms with Crippen molar-refractivity contribution in [2.24, 2.45) is 5.73 Å². The summed E-state index contributed by atoms with van der Waals surface area (Å²) in [6.07, 6.45) is 1.55. The van der Waals surface area contributed by atoms with E-state index in [-0.39, 0.29) is 0 Å². The second-order valence-corrected chi connectivity index (χ2v) is 5.05. The van der Waals surface area contributed by atoms with E-state index in [1.807, 2.05) is 44.4 Å². The van der Waals surface area contributed by atoms with E-state index in [4.69, 9.17) is 5.73 Å². The van der Waals surface area contributed by atoms with Gasteiger partial charge in [0, 0.05) is 31.4 Å². The first-order valence-corrected chi connectivity index (χ1v) is 6.94. The average molecular weight is 286 g/mol. The molecule has 0 unspecified atom stereocenters. The Labute approximate surface area is 125 Å². The molecule has 1 aromatic heterocycles. The van der Waals surface area contributed by atoms with Crippen LogP contribution in [0.2, 0.25) is 0 Å². The van der Waals surface area contributed by atoms with E-state index in [9.17, 15) is 0 Å². The van der Waals surface area contributed by atoms with Gasteiger partial charge in [-0.25, -0.2) is 9.97 Å². The Bertz CT molecular complexity index is 570. The normalized spacial score (nSPS) is 10.7. The Kier molecular flexibility index (Phi) is 5.48. The van der Waals surface area contributed by atoms with Crippen molar-refractivity contribution in [1.82, 2.24) is 14.9 Å². The summed E-state index contributed by atoms with van der Waals surface area (Å²) in [5.74, 6) is 1.57. The van der Waals surface area contributed by atoms with Crippen molar-refractivity contribution < 1.29 is 0 Å². The van der Waals surface area contributed by atoms with Crippen LogP contribution in [-0.2, 0) is 6.54 Å². The number of benzene rings is 1. The fourth-order valence-electron chi connectivity index (χ4n) is 1.85. The predicted molar refractivity (Wildman–Crippen MR) is 86.7 cm³/mol. The van der Waals surface area contributed by atoms with Crippen LogP contribution in [0.15, 0.2) is 36.7 Å². The van der Waals surface area contributed by atoms with Crippen molar-refractivity contribution in [1.29, 1.82) is 0 Å². The molecule has 0 saturated carbocycles. The van der Waals surface area contributed by atoms with Gasteiger partial charge >= 0.3 is 0 Å². The van der Waals surface area contributed by atoms with Gasteiger partial charge in [0.25, 0.3) is 0 Å². The van der Waals surface area contributed by atoms with E-state index in [1.165, 1.54) is 0 Å². The molecule has 1 aromatic carbocycles. The van der Waals surface area contributed by atoms with Crippen molar-refractivity contribution in [3.8, 4) is 0 Å². The van der Waals surface area contributed by atoms with Gasteiger partial charge in [-0.15, -0.1) is 0 Å². The molecule has 0 spiro atoms. The Morgan fingerprint density at radius 2 is 1.95 bits per heavy atom. The molecular formula is C15H22N6. The van der Waals surface area contributed by atoms with Crippen molar-refractivity contribution in [2.45, 2.75) is 6.54 Å². The van der Waals surface area contributed by atoms with Crippen LogP contribution in [0.25, 0.3) is 0 Å². The monoisotopic (exact) mass is 286 g/mol. The Morgan fingerprint density at radius 1 is 1.14 bits per heavy atom. The first-order chi connectivity index (χ1) is 10.2. The predicted octanol–water partition coefficient (Wildman–Crippen LogP) is 1.65. The lowest BCUT2D eigenvalue weighted by molar-refractivity contribution is 0.425. The second-order valence-electron chi connectivity index (χ2n) is 5.05. The summed E-state index contributed by atoms with van der Waals surface area (Å²) < 4.78 is 0. The number of nitrogens with one attached hydrogen (secondary N) is 2. The zero-order valence-corrected chi connectivity index (χ0v) is 12.5. The van der Waals surface area contributed by atoms with Crippen LogP contribution in [0.3, 0.4) is 0 Å². The zero-order valence-electron chi connectivity index (χ0n) is 12.5. The first kappa shape index (κ1) is 15.2. The number of rotatable bonds is 7. The highest BCUT2D eigenvalue weighted by Gasteiger charge is 2.00. The number of aromatic nitrogens is 2. The molecular weight excluding hydrogens is 264 g/mol. The van der Waals surface area contributed by atoms with Crippen LogP contribution < -0.4 is 16.4 Å². The van der Waals surface area contributed by atoms with Crippen LogP contribution in [0.5, 0.6) is 0 Å². The van der Waals surface area contributed by atoms with Gasteiger partial charge in [0.2, 0.25) is 0 Å². The maximum atomic E-state index is 5.65. The first-order valence-electron chi connectivity index (χ1n) is 6.94. The molecule has 0 amide bonds. The summed E-state index contributed by atoms with van der Waals surface area (Å²) in [7, 11) is 4.08. The summed E-state index contributed by atoms with van der Waals surface area (Å²) in [5.41, 5.74) is 7.70. The molecule has 0 aliphatic rings. The minimum absolute atomic E-state index is 0.524. The molecule has 6 heteroatoms. The van der Waals surface area contributed by atoms with E-state index in [0.29, 0.717) is 6.54 Å². The average Bonchev–Trinajstić information content (AvgIpc) is 2.47. The summed E-state index contributed by atoms with van der Waals surface area (Å²) in [4.78, 5) is 10.6. The van der Waals surface area contributed by atoms with Crippen molar-refractivity contribution in [3.05, 3.63) is 42.2 Å². The molecule has 0 radical (unpaired) electrons. The highest BCUT2D eigenvalue weighted by atomic mass is 15.1. The Hall–Kier alpha value is -2.18. The van der Waals surface area contributed by atoms with Gasteiger partial charge in [-0.05, 0) is 31.8 Å². The second kappa shape index (κ2) is 7.56. The number of nitrogens with two attached hydrogens (primary N) is 1. The topological polar surface area (TPSA) is 79.1 Å². The number of hydrogen-bond donors (Lipinski definition) is 3. The van der Waals surface area contributed by atoms with Crippen LogP contribution in [0.4, 0.5) is 17.3 Å². The van der Waals surface area contributed by atoms with Gasteiger partial charge in [0.1, 0.15) is 18.0 Å². The van der Waals surface area contributed by atoms with Gasteiger partial charge in [-0.1, -0.05) is 12.1 Å². The fraction of sp³-hybridized carbons (Fsp3) is 0.333. The molecule has 0 atom stereocenters. The lowest BCUT2D eigenvalue weighted by Crippen LogP contribution is -2.21. The smallest absolute Gasteiger partial charge is 0.135 e. The third-order valence-corrected chi connectivity index (χ3v) is 2.97. The largest absolute Gasteiger partial charge is 0.369 e. The molecule has 0 aliphatic heterocycles. The van der Waals surface area contributed by atoms with E-state index in [1.54, 1.807) is 6.33 Å². The lowest BCUT2D eigenvalue weighted by Gasteiger charge is -2.12. The molecule has 4 N–H and O–H groups in total. The van der Waals surface area contributed by atoms with E-state index < -0.39 is 0 Å². The molecule has 1 heterocycles. The maximum absolute atomic E-state index is 5.65. The third kappa shape index (κ3) is 5.02. The summed E-state index contributed by atoms with van der Waals surface area (Å²) in [6.45, 7) is 2.31.